The Hall–Kier alpha value is -0.650. The van der Waals surface area contributed by atoms with Crippen LogP contribution in [0, 0.1) is 5.82 Å². The van der Waals surface area contributed by atoms with Crippen molar-refractivity contribution < 1.29 is 17.4 Å². The second-order valence-corrected chi connectivity index (χ2v) is 7.39. The van der Waals surface area contributed by atoms with Crippen molar-refractivity contribution >= 4 is 21.7 Å². The van der Waals surface area contributed by atoms with Crippen LogP contribution in [0.3, 0.4) is 0 Å². The normalized spacial score (nSPS) is 11.8. The quantitative estimate of drug-likeness (QED) is 0.453. The van der Waals surface area contributed by atoms with Gasteiger partial charge in [0.1, 0.15) is 5.82 Å². The Balaban J connectivity index is 2.44. The highest BCUT2D eigenvalue weighted by molar-refractivity contribution is 7.85. The number of rotatable bonds is 10. The first-order chi connectivity index (χ1) is 10.4. The first-order valence-electron chi connectivity index (χ1n) is 7.81. The van der Waals surface area contributed by atoms with Crippen LogP contribution in [0.15, 0.2) is 17.0 Å². The highest BCUT2D eigenvalue weighted by atomic mass is 35.5. The Morgan fingerprint density at radius 3 is 2.09 bits per heavy atom. The molecule has 1 N–H and O–H groups in total. The second-order valence-electron chi connectivity index (χ2n) is 5.57. The van der Waals surface area contributed by atoms with Crippen LogP contribution >= 0.6 is 11.6 Å². The lowest BCUT2D eigenvalue weighted by Crippen LogP contribution is -2.02. The van der Waals surface area contributed by atoms with Crippen molar-refractivity contribution in [3.05, 3.63) is 28.5 Å². The summed E-state index contributed by atoms with van der Waals surface area (Å²) in [6.07, 6.45) is 9.63. The molecule has 0 aliphatic heterocycles. The molecule has 0 aromatic heterocycles. The Morgan fingerprint density at radius 1 is 1.05 bits per heavy atom. The van der Waals surface area contributed by atoms with E-state index in [9.17, 15) is 12.8 Å². The van der Waals surface area contributed by atoms with Crippen molar-refractivity contribution in [2.75, 3.05) is 0 Å². The molecule has 0 atom stereocenters. The number of hydrogen-bond acceptors (Lipinski definition) is 2. The topological polar surface area (TPSA) is 54.4 Å². The van der Waals surface area contributed by atoms with E-state index in [4.69, 9.17) is 16.2 Å². The molecule has 126 valence electrons. The van der Waals surface area contributed by atoms with Gasteiger partial charge in [0.25, 0.3) is 10.1 Å². The van der Waals surface area contributed by atoms with E-state index in [1.165, 1.54) is 32.1 Å². The monoisotopic (exact) mass is 350 g/mol. The third-order valence-corrected chi connectivity index (χ3v) is 4.86. The van der Waals surface area contributed by atoms with Crippen LogP contribution in [0.5, 0.6) is 0 Å². The van der Waals surface area contributed by atoms with E-state index in [1.54, 1.807) is 0 Å². The third kappa shape index (κ3) is 6.63. The van der Waals surface area contributed by atoms with Crippen LogP contribution < -0.4 is 0 Å². The zero-order valence-corrected chi connectivity index (χ0v) is 14.5. The van der Waals surface area contributed by atoms with Gasteiger partial charge in [-0.1, -0.05) is 63.5 Å². The van der Waals surface area contributed by atoms with Crippen LogP contribution in [0.1, 0.15) is 63.9 Å². The van der Waals surface area contributed by atoms with Gasteiger partial charge in [-0.25, -0.2) is 4.39 Å². The molecule has 22 heavy (non-hydrogen) atoms. The smallest absolute Gasteiger partial charge is 0.282 e. The van der Waals surface area contributed by atoms with E-state index < -0.39 is 20.8 Å². The van der Waals surface area contributed by atoms with Gasteiger partial charge < -0.3 is 0 Å². The first kappa shape index (κ1) is 19.4. The fourth-order valence-electron chi connectivity index (χ4n) is 2.40. The maximum absolute atomic E-state index is 13.9. The molecule has 0 radical (unpaired) electrons. The molecule has 1 rings (SSSR count). The maximum Gasteiger partial charge on any atom is 0.294 e. The standard InChI is InChI=1S/C16H24ClFO3S/c1-2-3-4-5-6-7-8-9-10-14-15(17)11-13(12-16(14)18)22(19,20)21/h11-12H,2-10H2,1H3,(H,19,20,21). The largest absolute Gasteiger partial charge is 0.294 e. The van der Waals surface area contributed by atoms with Crippen LogP contribution in [0.2, 0.25) is 5.02 Å². The molecule has 6 heteroatoms. The van der Waals surface area contributed by atoms with Gasteiger partial charge in [0, 0.05) is 10.6 Å². The van der Waals surface area contributed by atoms with Crippen molar-refractivity contribution in [3.63, 3.8) is 0 Å². The summed E-state index contributed by atoms with van der Waals surface area (Å²) in [6, 6.07) is 1.92. The third-order valence-electron chi connectivity index (χ3n) is 3.69. The van der Waals surface area contributed by atoms with Gasteiger partial charge in [-0.05, 0) is 25.0 Å². The van der Waals surface area contributed by atoms with Gasteiger partial charge in [-0.2, -0.15) is 8.42 Å². The number of halogens is 2. The Morgan fingerprint density at radius 2 is 1.59 bits per heavy atom. The van der Waals surface area contributed by atoms with Gasteiger partial charge in [-0.15, -0.1) is 0 Å². The highest BCUT2D eigenvalue weighted by Crippen LogP contribution is 2.26. The molecule has 1 aromatic carbocycles. The highest BCUT2D eigenvalue weighted by Gasteiger charge is 2.16. The van der Waals surface area contributed by atoms with Crippen LogP contribution in [0.25, 0.3) is 0 Å². The Bertz CT molecular complexity index is 550. The average molecular weight is 351 g/mol. The molecule has 0 aliphatic rings. The summed E-state index contributed by atoms with van der Waals surface area (Å²) >= 11 is 5.92. The lowest BCUT2D eigenvalue weighted by Gasteiger charge is -2.08. The zero-order chi connectivity index (χ0) is 16.6. The summed E-state index contributed by atoms with van der Waals surface area (Å²) in [5, 5.41) is 0.0515. The van der Waals surface area contributed by atoms with Gasteiger partial charge in [0.2, 0.25) is 0 Å². The molecule has 0 fully saturated rings. The summed E-state index contributed by atoms with van der Waals surface area (Å²) < 4.78 is 44.8. The van der Waals surface area contributed by atoms with Crippen LogP contribution in [-0.2, 0) is 16.5 Å². The fraction of sp³-hybridized carbons (Fsp3) is 0.625. The summed E-state index contributed by atoms with van der Waals surface area (Å²) in [5.41, 5.74) is 0.319. The predicted molar refractivity (Wildman–Crippen MR) is 87.5 cm³/mol. The first-order valence-corrected chi connectivity index (χ1v) is 9.63. The van der Waals surface area contributed by atoms with Crippen molar-refractivity contribution in [1.29, 1.82) is 0 Å². The average Bonchev–Trinajstić information content (AvgIpc) is 2.43. The molecule has 0 amide bonds. The minimum atomic E-state index is -4.43. The molecule has 3 nitrogen and oxygen atoms in total. The molecular formula is C16H24ClFO3S. The van der Waals surface area contributed by atoms with E-state index in [0.29, 0.717) is 12.0 Å². The Labute approximate surface area is 137 Å². The van der Waals surface area contributed by atoms with Gasteiger partial charge >= 0.3 is 0 Å². The molecule has 0 heterocycles. The molecule has 0 aliphatic carbocycles. The summed E-state index contributed by atoms with van der Waals surface area (Å²) in [5.74, 6) is -0.678. The lowest BCUT2D eigenvalue weighted by molar-refractivity contribution is 0.481. The van der Waals surface area contributed by atoms with Crippen molar-refractivity contribution in [2.45, 2.75) is 69.6 Å². The molecule has 0 saturated carbocycles. The number of benzene rings is 1. The van der Waals surface area contributed by atoms with Crippen LogP contribution in [0.4, 0.5) is 4.39 Å². The maximum atomic E-state index is 13.9. The predicted octanol–water partition coefficient (Wildman–Crippen LogP) is 5.41. The molecule has 0 bridgehead atoms. The molecule has 0 unspecified atom stereocenters. The summed E-state index contributed by atoms with van der Waals surface area (Å²) in [4.78, 5) is -0.505. The van der Waals surface area contributed by atoms with Crippen molar-refractivity contribution in [3.8, 4) is 0 Å². The minimum absolute atomic E-state index is 0.0515. The second kappa shape index (κ2) is 9.48. The lowest BCUT2D eigenvalue weighted by atomic mass is 10.0. The van der Waals surface area contributed by atoms with Gasteiger partial charge in [0.05, 0.1) is 4.90 Å². The van der Waals surface area contributed by atoms with E-state index in [2.05, 4.69) is 6.92 Å². The van der Waals surface area contributed by atoms with Gasteiger partial charge in [0.15, 0.2) is 0 Å². The number of hydrogen-bond donors (Lipinski definition) is 1. The SMILES string of the molecule is CCCCCCCCCCc1c(F)cc(S(=O)(=O)O)cc1Cl. The molecule has 0 spiro atoms. The van der Waals surface area contributed by atoms with Crippen molar-refractivity contribution in [1.82, 2.24) is 0 Å². The van der Waals surface area contributed by atoms with E-state index in [-0.39, 0.29) is 5.02 Å². The van der Waals surface area contributed by atoms with Gasteiger partial charge in [-0.3, -0.25) is 4.55 Å². The van der Waals surface area contributed by atoms with E-state index in [0.717, 1.165) is 31.4 Å². The molecule has 0 saturated heterocycles. The van der Waals surface area contributed by atoms with E-state index in [1.807, 2.05) is 0 Å². The molecule has 1 aromatic rings. The number of unbranched alkanes of at least 4 members (excludes halogenated alkanes) is 7. The molecular weight excluding hydrogens is 327 g/mol. The zero-order valence-electron chi connectivity index (χ0n) is 12.9. The minimum Gasteiger partial charge on any atom is -0.282 e. The van der Waals surface area contributed by atoms with Crippen LogP contribution in [-0.4, -0.2) is 13.0 Å². The van der Waals surface area contributed by atoms with Crippen molar-refractivity contribution in [2.24, 2.45) is 0 Å². The summed E-state index contributed by atoms with van der Waals surface area (Å²) in [6.45, 7) is 2.19. The fourth-order valence-corrected chi connectivity index (χ4v) is 3.29. The van der Waals surface area contributed by atoms with E-state index >= 15 is 0 Å². The Kier molecular flexibility index (Phi) is 8.36. The summed E-state index contributed by atoms with van der Waals surface area (Å²) in [7, 11) is -4.43.